The molecule has 1 aromatic rings. The first-order chi connectivity index (χ1) is 9.67. The lowest BCUT2D eigenvalue weighted by molar-refractivity contribution is 0.0688. The molecule has 0 atom stereocenters. The Hall–Kier alpha value is -1.79. The van der Waals surface area contributed by atoms with Gasteiger partial charge >= 0.3 is 0 Å². The number of rotatable bonds is 9. The third-order valence-electron chi connectivity index (χ3n) is 2.61. The van der Waals surface area contributed by atoms with Crippen LogP contribution in [-0.4, -0.2) is 46.5 Å². The first-order valence-electron chi connectivity index (χ1n) is 6.47. The van der Waals surface area contributed by atoms with Gasteiger partial charge in [0.2, 0.25) is 0 Å². The van der Waals surface area contributed by atoms with Crippen molar-refractivity contribution < 1.29 is 19.0 Å². The van der Waals surface area contributed by atoms with E-state index in [4.69, 9.17) is 19.9 Å². The maximum atomic E-state index is 11.9. The second-order valence-corrected chi connectivity index (χ2v) is 4.21. The summed E-state index contributed by atoms with van der Waals surface area (Å²) >= 11 is 0. The minimum Gasteiger partial charge on any atom is -0.497 e. The molecule has 0 aliphatic heterocycles. The molecular formula is C14H22N2O4. The van der Waals surface area contributed by atoms with Gasteiger partial charge in [0.1, 0.15) is 5.75 Å². The van der Waals surface area contributed by atoms with Crippen molar-refractivity contribution in [3.05, 3.63) is 23.8 Å². The molecular weight excluding hydrogens is 260 g/mol. The van der Waals surface area contributed by atoms with Crippen molar-refractivity contribution in [2.24, 2.45) is 0 Å². The number of methoxy groups -OCH3 is 2. The average molecular weight is 282 g/mol. The van der Waals surface area contributed by atoms with Gasteiger partial charge in [0.05, 0.1) is 20.3 Å². The zero-order chi connectivity index (χ0) is 14.8. The van der Waals surface area contributed by atoms with Crippen molar-refractivity contribution in [1.29, 1.82) is 0 Å². The second-order valence-electron chi connectivity index (χ2n) is 4.21. The Kier molecular flexibility index (Phi) is 7.46. The van der Waals surface area contributed by atoms with Crippen molar-refractivity contribution >= 4 is 11.6 Å². The van der Waals surface area contributed by atoms with Crippen molar-refractivity contribution in [3.63, 3.8) is 0 Å². The SMILES string of the molecule is COCCOCCCNC(=O)c1cc(N)cc(OC)c1. The van der Waals surface area contributed by atoms with Crippen molar-refractivity contribution in [3.8, 4) is 5.75 Å². The highest BCUT2D eigenvalue weighted by Crippen LogP contribution is 2.18. The second kappa shape index (κ2) is 9.17. The lowest BCUT2D eigenvalue weighted by atomic mass is 10.1. The molecule has 1 aromatic carbocycles. The van der Waals surface area contributed by atoms with Crippen LogP contribution in [0, 0.1) is 0 Å². The van der Waals surface area contributed by atoms with E-state index >= 15 is 0 Å². The number of nitrogens with one attached hydrogen (secondary N) is 1. The summed E-state index contributed by atoms with van der Waals surface area (Å²) < 4.78 is 15.2. The molecule has 0 heterocycles. The number of hydrogen-bond donors (Lipinski definition) is 2. The third kappa shape index (κ3) is 5.90. The maximum absolute atomic E-state index is 11.9. The molecule has 0 aliphatic rings. The number of benzene rings is 1. The van der Waals surface area contributed by atoms with Gasteiger partial charge in [-0.2, -0.15) is 0 Å². The molecule has 0 aromatic heterocycles. The number of anilines is 1. The molecule has 6 nitrogen and oxygen atoms in total. The van der Waals surface area contributed by atoms with Gasteiger partial charge in [-0.3, -0.25) is 4.79 Å². The Labute approximate surface area is 119 Å². The Balaban J connectivity index is 2.30. The predicted molar refractivity (Wildman–Crippen MR) is 77.1 cm³/mol. The summed E-state index contributed by atoms with van der Waals surface area (Å²) in [4.78, 5) is 11.9. The molecule has 0 saturated carbocycles. The van der Waals surface area contributed by atoms with Gasteiger partial charge in [0.25, 0.3) is 5.91 Å². The van der Waals surface area contributed by atoms with Crippen molar-refractivity contribution in [2.75, 3.05) is 46.3 Å². The van der Waals surface area contributed by atoms with Crippen LogP contribution in [0.4, 0.5) is 5.69 Å². The van der Waals surface area contributed by atoms with E-state index in [0.717, 1.165) is 6.42 Å². The normalized spacial score (nSPS) is 10.3. The molecule has 112 valence electrons. The summed E-state index contributed by atoms with van der Waals surface area (Å²) in [7, 11) is 3.16. The van der Waals surface area contributed by atoms with Gasteiger partial charge in [0.15, 0.2) is 0 Å². The number of nitrogen functional groups attached to an aromatic ring is 1. The van der Waals surface area contributed by atoms with Crippen LogP contribution >= 0.6 is 0 Å². The lowest BCUT2D eigenvalue weighted by Crippen LogP contribution is -2.25. The first kappa shape index (κ1) is 16.3. The van der Waals surface area contributed by atoms with Crippen LogP contribution in [-0.2, 0) is 9.47 Å². The van der Waals surface area contributed by atoms with Gasteiger partial charge in [-0.05, 0) is 18.6 Å². The Bertz CT molecular complexity index is 424. The van der Waals surface area contributed by atoms with Gasteiger partial charge in [-0.25, -0.2) is 0 Å². The number of ether oxygens (including phenoxy) is 3. The van der Waals surface area contributed by atoms with Gasteiger partial charge < -0.3 is 25.3 Å². The molecule has 0 spiro atoms. The average Bonchev–Trinajstić information content (AvgIpc) is 2.45. The molecule has 20 heavy (non-hydrogen) atoms. The number of hydrogen-bond acceptors (Lipinski definition) is 5. The van der Waals surface area contributed by atoms with E-state index in [-0.39, 0.29) is 5.91 Å². The quantitative estimate of drug-likeness (QED) is 0.523. The Morgan fingerprint density at radius 1 is 1.20 bits per heavy atom. The fourth-order valence-corrected chi connectivity index (χ4v) is 1.59. The zero-order valence-corrected chi connectivity index (χ0v) is 12.0. The molecule has 0 aliphatic carbocycles. The van der Waals surface area contributed by atoms with Crippen LogP contribution in [0.2, 0.25) is 0 Å². The number of nitrogens with two attached hydrogens (primary N) is 1. The van der Waals surface area contributed by atoms with E-state index < -0.39 is 0 Å². The third-order valence-corrected chi connectivity index (χ3v) is 2.61. The number of amides is 1. The summed E-state index contributed by atoms with van der Waals surface area (Å²) in [5.74, 6) is 0.394. The topological polar surface area (TPSA) is 82.8 Å². The Morgan fingerprint density at radius 3 is 2.70 bits per heavy atom. The predicted octanol–water partition coefficient (Wildman–Crippen LogP) is 1.06. The summed E-state index contributed by atoms with van der Waals surface area (Å²) in [5.41, 5.74) is 6.69. The van der Waals surface area contributed by atoms with Crippen LogP contribution in [0.15, 0.2) is 18.2 Å². The first-order valence-corrected chi connectivity index (χ1v) is 6.47. The smallest absolute Gasteiger partial charge is 0.251 e. The number of carbonyl (C=O) groups excluding carboxylic acids is 1. The van der Waals surface area contributed by atoms with Gasteiger partial charge in [-0.1, -0.05) is 0 Å². The summed E-state index contributed by atoms with van der Waals surface area (Å²) in [6, 6.07) is 4.94. The lowest BCUT2D eigenvalue weighted by Gasteiger charge is -2.08. The van der Waals surface area contributed by atoms with E-state index in [1.165, 1.54) is 7.11 Å². The fraction of sp³-hybridized carbons (Fsp3) is 0.500. The molecule has 0 bridgehead atoms. The fourth-order valence-electron chi connectivity index (χ4n) is 1.59. The van der Waals surface area contributed by atoms with Crippen LogP contribution in [0.5, 0.6) is 5.75 Å². The van der Waals surface area contributed by atoms with Gasteiger partial charge in [0, 0.05) is 37.6 Å². The van der Waals surface area contributed by atoms with E-state index in [0.29, 0.717) is 43.4 Å². The number of carbonyl (C=O) groups is 1. The molecule has 6 heteroatoms. The van der Waals surface area contributed by atoms with Crippen LogP contribution in [0.3, 0.4) is 0 Å². The van der Waals surface area contributed by atoms with Crippen LogP contribution < -0.4 is 15.8 Å². The molecule has 1 rings (SSSR count). The monoisotopic (exact) mass is 282 g/mol. The minimum absolute atomic E-state index is 0.174. The molecule has 0 unspecified atom stereocenters. The molecule has 0 fully saturated rings. The highest BCUT2D eigenvalue weighted by atomic mass is 16.5. The summed E-state index contributed by atoms with van der Waals surface area (Å²) in [6.07, 6.45) is 0.745. The minimum atomic E-state index is -0.174. The van der Waals surface area contributed by atoms with Gasteiger partial charge in [-0.15, -0.1) is 0 Å². The van der Waals surface area contributed by atoms with E-state index in [1.54, 1.807) is 25.3 Å². The molecule has 0 saturated heterocycles. The van der Waals surface area contributed by atoms with Crippen molar-refractivity contribution in [1.82, 2.24) is 5.32 Å². The summed E-state index contributed by atoms with van der Waals surface area (Å²) in [5, 5.41) is 2.81. The highest BCUT2D eigenvalue weighted by molar-refractivity contribution is 5.95. The summed E-state index contributed by atoms with van der Waals surface area (Å²) in [6.45, 7) is 2.28. The molecule has 1 amide bonds. The van der Waals surface area contributed by atoms with Crippen LogP contribution in [0.25, 0.3) is 0 Å². The van der Waals surface area contributed by atoms with E-state index in [1.807, 2.05) is 0 Å². The molecule has 0 radical (unpaired) electrons. The van der Waals surface area contributed by atoms with Crippen LogP contribution in [0.1, 0.15) is 16.8 Å². The Morgan fingerprint density at radius 2 is 2.00 bits per heavy atom. The largest absolute Gasteiger partial charge is 0.497 e. The maximum Gasteiger partial charge on any atom is 0.251 e. The van der Waals surface area contributed by atoms with E-state index in [9.17, 15) is 4.79 Å². The standard InChI is InChI=1S/C14H22N2O4/c1-18-6-7-20-5-3-4-16-14(17)11-8-12(15)10-13(9-11)19-2/h8-10H,3-7,15H2,1-2H3,(H,16,17). The van der Waals surface area contributed by atoms with E-state index in [2.05, 4.69) is 5.32 Å². The zero-order valence-electron chi connectivity index (χ0n) is 12.0. The van der Waals surface area contributed by atoms with Crippen molar-refractivity contribution in [2.45, 2.75) is 6.42 Å². The highest BCUT2D eigenvalue weighted by Gasteiger charge is 2.07. The molecule has 3 N–H and O–H groups in total.